The molecule has 1 saturated heterocycles. The number of carbonyl (C=O) groups excluding carboxylic acids is 1. The Kier molecular flexibility index (Phi) is 3.37. The van der Waals surface area contributed by atoms with Gasteiger partial charge in [0.05, 0.1) is 12.0 Å². The molecule has 3 N–H and O–H groups in total. The van der Waals surface area contributed by atoms with Crippen LogP contribution in [0.4, 0.5) is 5.82 Å². The highest BCUT2D eigenvalue weighted by Crippen LogP contribution is 2.25. The van der Waals surface area contributed by atoms with E-state index in [1.54, 1.807) is 6.20 Å². The Bertz CT molecular complexity index is 626. The van der Waals surface area contributed by atoms with Crippen molar-refractivity contribution in [1.29, 1.82) is 0 Å². The van der Waals surface area contributed by atoms with Gasteiger partial charge in [-0.3, -0.25) is 9.69 Å². The van der Waals surface area contributed by atoms with Crippen molar-refractivity contribution in [3.63, 3.8) is 0 Å². The molecule has 1 aliphatic heterocycles. The lowest BCUT2D eigenvalue weighted by Gasteiger charge is -2.15. The minimum absolute atomic E-state index is 0.150. The van der Waals surface area contributed by atoms with E-state index in [4.69, 9.17) is 0 Å². The fourth-order valence-electron chi connectivity index (χ4n) is 2.78. The second-order valence-electron chi connectivity index (χ2n) is 5.16. The SMILES string of the molecule is CN1C[C@H](Nc2ncnc3[nH]cc(C=O)c23)C[C@H]1CO. The molecule has 0 unspecified atom stereocenters. The Morgan fingerprint density at radius 1 is 1.60 bits per heavy atom. The lowest BCUT2D eigenvalue weighted by molar-refractivity contribution is 0.112. The Morgan fingerprint density at radius 2 is 2.45 bits per heavy atom. The Balaban J connectivity index is 1.88. The third-order valence-corrected chi connectivity index (χ3v) is 3.87. The monoisotopic (exact) mass is 275 g/mol. The second-order valence-corrected chi connectivity index (χ2v) is 5.16. The number of aliphatic hydroxyl groups is 1. The van der Waals surface area contributed by atoms with Crippen LogP contribution < -0.4 is 5.32 Å². The van der Waals surface area contributed by atoms with Gasteiger partial charge in [-0.15, -0.1) is 0 Å². The first-order valence-electron chi connectivity index (χ1n) is 6.57. The van der Waals surface area contributed by atoms with Crippen LogP contribution in [0.25, 0.3) is 11.0 Å². The zero-order valence-electron chi connectivity index (χ0n) is 11.2. The second kappa shape index (κ2) is 5.18. The molecule has 0 saturated carbocycles. The average Bonchev–Trinajstić information content (AvgIpc) is 3.02. The number of hydrogen-bond acceptors (Lipinski definition) is 6. The summed E-state index contributed by atoms with van der Waals surface area (Å²) in [6.45, 7) is 0.981. The van der Waals surface area contributed by atoms with Gasteiger partial charge in [-0.05, 0) is 13.5 Å². The maximum Gasteiger partial charge on any atom is 0.152 e. The Labute approximate surface area is 116 Å². The fraction of sp³-hybridized carbons (Fsp3) is 0.462. The molecular formula is C13H17N5O2. The van der Waals surface area contributed by atoms with E-state index in [0.29, 0.717) is 17.0 Å². The van der Waals surface area contributed by atoms with E-state index in [9.17, 15) is 9.90 Å². The third-order valence-electron chi connectivity index (χ3n) is 3.87. The van der Waals surface area contributed by atoms with Crippen LogP contribution in [-0.2, 0) is 0 Å². The summed E-state index contributed by atoms with van der Waals surface area (Å²) >= 11 is 0. The molecule has 0 aromatic carbocycles. The number of aldehydes is 1. The van der Waals surface area contributed by atoms with Crippen molar-refractivity contribution >= 4 is 23.1 Å². The molecule has 0 bridgehead atoms. The number of aromatic nitrogens is 3. The normalized spacial score (nSPS) is 23.3. The van der Waals surface area contributed by atoms with E-state index in [-0.39, 0.29) is 18.7 Å². The molecule has 3 heterocycles. The number of likely N-dealkylation sites (N-methyl/N-ethyl adjacent to an activating group) is 1. The van der Waals surface area contributed by atoms with Crippen molar-refractivity contribution in [2.75, 3.05) is 25.5 Å². The summed E-state index contributed by atoms with van der Waals surface area (Å²) in [6, 6.07) is 0.367. The van der Waals surface area contributed by atoms with Crippen LogP contribution in [0, 0.1) is 0 Å². The zero-order valence-corrected chi connectivity index (χ0v) is 11.2. The van der Waals surface area contributed by atoms with E-state index >= 15 is 0 Å². The molecule has 0 radical (unpaired) electrons. The largest absolute Gasteiger partial charge is 0.395 e. The number of likely N-dealkylation sites (tertiary alicyclic amines) is 1. The number of nitrogens with one attached hydrogen (secondary N) is 2. The van der Waals surface area contributed by atoms with E-state index < -0.39 is 0 Å². The van der Waals surface area contributed by atoms with Crippen LogP contribution in [0.1, 0.15) is 16.8 Å². The summed E-state index contributed by atoms with van der Waals surface area (Å²) in [4.78, 5) is 24.5. The first-order chi connectivity index (χ1) is 9.72. The van der Waals surface area contributed by atoms with Gasteiger partial charge in [-0.25, -0.2) is 9.97 Å². The number of carbonyl (C=O) groups is 1. The molecule has 2 atom stereocenters. The van der Waals surface area contributed by atoms with Gasteiger partial charge in [0.2, 0.25) is 0 Å². The quantitative estimate of drug-likeness (QED) is 0.692. The van der Waals surface area contributed by atoms with Gasteiger partial charge >= 0.3 is 0 Å². The van der Waals surface area contributed by atoms with E-state index in [0.717, 1.165) is 24.6 Å². The molecular weight excluding hydrogens is 258 g/mol. The van der Waals surface area contributed by atoms with Gasteiger partial charge in [0.25, 0.3) is 0 Å². The van der Waals surface area contributed by atoms with Crippen LogP contribution in [0.5, 0.6) is 0 Å². The smallest absolute Gasteiger partial charge is 0.152 e. The molecule has 20 heavy (non-hydrogen) atoms. The van der Waals surface area contributed by atoms with Crippen molar-refractivity contribution in [3.8, 4) is 0 Å². The molecule has 0 amide bonds. The molecule has 1 aliphatic rings. The van der Waals surface area contributed by atoms with Crippen LogP contribution in [-0.4, -0.2) is 63.5 Å². The van der Waals surface area contributed by atoms with Crippen molar-refractivity contribution in [2.24, 2.45) is 0 Å². The maximum absolute atomic E-state index is 11.1. The van der Waals surface area contributed by atoms with E-state index in [1.807, 2.05) is 7.05 Å². The number of fused-ring (bicyclic) bond motifs is 1. The molecule has 0 aliphatic carbocycles. The van der Waals surface area contributed by atoms with Gasteiger partial charge in [0, 0.05) is 30.4 Å². The number of nitrogens with zero attached hydrogens (tertiary/aromatic N) is 3. The summed E-state index contributed by atoms with van der Waals surface area (Å²) in [5.41, 5.74) is 1.20. The molecule has 1 fully saturated rings. The Morgan fingerprint density at radius 3 is 3.15 bits per heavy atom. The topological polar surface area (TPSA) is 94.1 Å². The number of aromatic amines is 1. The first-order valence-corrected chi connectivity index (χ1v) is 6.57. The molecule has 2 aromatic heterocycles. The summed E-state index contributed by atoms with van der Waals surface area (Å²) in [6.07, 6.45) is 4.75. The Hall–Kier alpha value is -1.99. The summed E-state index contributed by atoms with van der Waals surface area (Å²) in [5.74, 6) is 0.662. The van der Waals surface area contributed by atoms with Crippen molar-refractivity contribution in [2.45, 2.75) is 18.5 Å². The number of aliphatic hydroxyl groups excluding tert-OH is 1. The summed E-state index contributed by atoms with van der Waals surface area (Å²) in [5, 5.41) is 13.4. The number of anilines is 1. The van der Waals surface area contributed by atoms with Gasteiger partial charge < -0.3 is 15.4 Å². The summed E-state index contributed by atoms with van der Waals surface area (Å²) < 4.78 is 0. The maximum atomic E-state index is 11.1. The van der Waals surface area contributed by atoms with Gasteiger partial charge in [-0.2, -0.15) is 0 Å². The third kappa shape index (κ3) is 2.14. The minimum atomic E-state index is 0.150. The van der Waals surface area contributed by atoms with Crippen LogP contribution >= 0.6 is 0 Å². The van der Waals surface area contributed by atoms with Gasteiger partial charge in [-0.1, -0.05) is 0 Å². The van der Waals surface area contributed by atoms with E-state index in [1.165, 1.54) is 6.33 Å². The van der Waals surface area contributed by atoms with Crippen LogP contribution in [0.15, 0.2) is 12.5 Å². The van der Waals surface area contributed by atoms with Gasteiger partial charge in [0.1, 0.15) is 17.8 Å². The molecule has 7 nitrogen and oxygen atoms in total. The first kappa shape index (κ1) is 13.0. The van der Waals surface area contributed by atoms with Crippen molar-refractivity contribution in [1.82, 2.24) is 19.9 Å². The number of hydrogen-bond donors (Lipinski definition) is 3. The average molecular weight is 275 g/mol. The van der Waals surface area contributed by atoms with Crippen LogP contribution in [0.2, 0.25) is 0 Å². The molecule has 0 spiro atoms. The standard InChI is InChI=1S/C13H17N5O2/c1-18-4-9(2-10(18)6-20)17-13-11-8(5-19)3-14-12(11)15-7-16-13/h3,5,7,9-10,20H,2,4,6H2,1H3,(H2,14,15,16,17)/t9-,10+/m1/s1. The zero-order chi connectivity index (χ0) is 14.1. The summed E-state index contributed by atoms with van der Waals surface area (Å²) in [7, 11) is 1.99. The highest BCUT2D eigenvalue weighted by molar-refractivity contribution is 6.01. The molecule has 106 valence electrons. The predicted octanol–water partition coefficient (Wildman–Crippen LogP) is 0.247. The lowest BCUT2D eigenvalue weighted by Crippen LogP contribution is -2.28. The highest BCUT2D eigenvalue weighted by Gasteiger charge is 2.29. The van der Waals surface area contributed by atoms with Crippen LogP contribution in [0.3, 0.4) is 0 Å². The lowest BCUT2D eigenvalue weighted by atomic mass is 10.1. The van der Waals surface area contributed by atoms with E-state index in [2.05, 4.69) is 25.2 Å². The predicted molar refractivity (Wildman–Crippen MR) is 74.8 cm³/mol. The highest BCUT2D eigenvalue weighted by atomic mass is 16.3. The molecule has 3 rings (SSSR count). The number of rotatable bonds is 4. The fourth-order valence-corrected chi connectivity index (χ4v) is 2.78. The van der Waals surface area contributed by atoms with Crippen molar-refractivity contribution < 1.29 is 9.90 Å². The van der Waals surface area contributed by atoms with Gasteiger partial charge in [0.15, 0.2) is 6.29 Å². The van der Waals surface area contributed by atoms with Crippen molar-refractivity contribution in [3.05, 3.63) is 18.1 Å². The minimum Gasteiger partial charge on any atom is -0.395 e. The molecule has 7 heteroatoms. The number of H-pyrrole nitrogens is 1. The molecule has 2 aromatic rings.